The first-order valence-corrected chi connectivity index (χ1v) is 8.06. The third-order valence-corrected chi connectivity index (χ3v) is 4.10. The summed E-state index contributed by atoms with van der Waals surface area (Å²) in [5.41, 5.74) is 2.18. The molecule has 0 aliphatic carbocycles. The number of carbonyl (C=O) groups is 1. The molecule has 0 spiro atoms. The summed E-state index contributed by atoms with van der Waals surface area (Å²) in [5.74, 6) is 0.753. The third-order valence-electron chi connectivity index (χ3n) is 4.10. The van der Waals surface area contributed by atoms with Gasteiger partial charge in [-0.05, 0) is 23.8 Å². The minimum Gasteiger partial charge on any atom is -0.469 e. The highest BCUT2D eigenvalue weighted by molar-refractivity contribution is 5.77. The summed E-state index contributed by atoms with van der Waals surface area (Å²) >= 11 is 0. The molecule has 0 saturated carbocycles. The molecule has 2 aromatic heterocycles. The summed E-state index contributed by atoms with van der Waals surface area (Å²) in [6.07, 6.45) is 4.53. The number of aryl methyl sites for hydroxylation is 1. The van der Waals surface area contributed by atoms with Crippen LogP contribution in [0.5, 0.6) is 0 Å². The Hall–Kier alpha value is -2.82. The molecular weight excluding hydrogens is 302 g/mol. The van der Waals surface area contributed by atoms with Crippen LogP contribution in [-0.4, -0.2) is 22.2 Å². The Morgan fingerprint density at radius 2 is 2.04 bits per heavy atom. The SMILES string of the molecule is Cn1nccc1CCNC(=O)CC(c1ccccc1)c1ccco1. The largest absolute Gasteiger partial charge is 0.469 e. The van der Waals surface area contributed by atoms with E-state index in [1.54, 1.807) is 12.5 Å². The van der Waals surface area contributed by atoms with Crippen molar-refractivity contribution in [2.75, 3.05) is 6.54 Å². The average molecular weight is 323 g/mol. The van der Waals surface area contributed by atoms with Gasteiger partial charge in [-0.25, -0.2) is 0 Å². The third kappa shape index (κ3) is 3.93. The molecule has 1 aromatic carbocycles. The van der Waals surface area contributed by atoms with Gasteiger partial charge in [0.1, 0.15) is 5.76 Å². The Bertz CT molecular complexity index is 763. The van der Waals surface area contributed by atoms with Crippen molar-refractivity contribution in [2.45, 2.75) is 18.8 Å². The number of rotatable bonds is 7. The van der Waals surface area contributed by atoms with Gasteiger partial charge in [-0.15, -0.1) is 0 Å². The lowest BCUT2D eigenvalue weighted by Crippen LogP contribution is -2.27. The molecule has 0 bridgehead atoms. The van der Waals surface area contributed by atoms with Crippen LogP contribution in [0.1, 0.15) is 29.4 Å². The number of nitrogens with one attached hydrogen (secondary N) is 1. The van der Waals surface area contributed by atoms with Crippen LogP contribution in [0, 0.1) is 0 Å². The Morgan fingerprint density at radius 3 is 2.71 bits per heavy atom. The van der Waals surface area contributed by atoms with Gasteiger partial charge >= 0.3 is 0 Å². The molecule has 5 heteroatoms. The second kappa shape index (κ2) is 7.64. The Balaban J connectivity index is 1.60. The van der Waals surface area contributed by atoms with Gasteiger partial charge in [0.15, 0.2) is 0 Å². The summed E-state index contributed by atoms with van der Waals surface area (Å²) in [5, 5.41) is 7.12. The minimum atomic E-state index is -0.0714. The fourth-order valence-electron chi connectivity index (χ4n) is 2.79. The molecule has 0 fully saturated rings. The number of aromatic nitrogens is 2. The van der Waals surface area contributed by atoms with Gasteiger partial charge < -0.3 is 9.73 Å². The Kier molecular flexibility index (Phi) is 5.11. The number of nitrogens with zero attached hydrogens (tertiary/aromatic N) is 2. The van der Waals surface area contributed by atoms with E-state index in [0.29, 0.717) is 13.0 Å². The van der Waals surface area contributed by atoms with Crippen LogP contribution >= 0.6 is 0 Å². The van der Waals surface area contributed by atoms with Crippen molar-refractivity contribution in [1.82, 2.24) is 15.1 Å². The van der Waals surface area contributed by atoms with Crippen LogP contribution in [0.15, 0.2) is 65.4 Å². The molecule has 24 heavy (non-hydrogen) atoms. The van der Waals surface area contributed by atoms with Crippen LogP contribution in [0.2, 0.25) is 0 Å². The molecule has 0 aliphatic heterocycles. The van der Waals surface area contributed by atoms with Gasteiger partial charge in [0.2, 0.25) is 5.91 Å². The van der Waals surface area contributed by atoms with Crippen molar-refractivity contribution in [2.24, 2.45) is 7.05 Å². The maximum Gasteiger partial charge on any atom is 0.221 e. The molecule has 0 aliphatic rings. The van der Waals surface area contributed by atoms with Gasteiger partial charge in [0.05, 0.1) is 12.2 Å². The van der Waals surface area contributed by atoms with Gasteiger partial charge in [-0.2, -0.15) is 5.10 Å². The summed E-state index contributed by atoms with van der Waals surface area (Å²) in [7, 11) is 1.90. The normalized spacial score (nSPS) is 12.0. The minimum absolute atomic E-state index is 0.0161. The van der Waals surface area contributed by atoms with Crippen LogP contribution in [-0.2, 0) is 18.3 Å². The summed E-state index contributed by atoms with van der Waals surface area (Å²) < 4.78 is 7.36. The van der Waals surface area contributed by atoms with E-state index in [2.05, 4.69) is 10.4 Å². The molecule has 2 heterocycles. The standard InChI is InChI=1S/C19H21N3O2/c1-22-16(10-12-21-22)9-11-20-19(23)14-17(18-8-5-13-24-18)15-6-3-2-4-7-15/h2-8,10,12-13,17H,9,11,14H2,1H3,(H,20,23). The van der Waals surface area contributed by atoms with Crippen LogP contribution in [0.3, 0.4) is 0 Å². The van der Waals surface area contributed by atoms with E-state index < -0.39 is 0 Å². The predicted molar refractivity (Wildman–Crippen MR) is 91.5 cm³/mol. The first-order valence-electron chi connectivity index (χ1n) is 8.06. The van der Waals surface area contributed by atoms with Gasteiger partial charge in [0, 0.05) is 38.3 Å². The fourth-order valence-corrected chi connectivity index (χ4v) is 2.79. The number of hydrogen-bond acceptors (Lipinski definition) is 3. The zero-order chi connectivity index (χ0) is 16.8. The number of furan rings is 1. The van der Waals surface area contributed by atoms with E-state index >= 15 is 0 Å². The van der Waals surface area contributed by atoms with Gasteiger partial charge in [-0.1, -0.05) is 30.3 Å². The predicted octanol–water partition coefficient (Wildman–Crippen LogP) is 2.89. The first kappa shape index (κ1) is 16.1. The van der Waals surface area contributed by atoms with Gasteiger partial charge in [0.25, 0.3) is 0 Å². The topological polar surface area (TPSA) is 60.1 Å². The van der Waals surface area contributed by atoms with E-state index in [1.165, 1.54) is 0 Å². The lowest BCUT2D eigenvalue weighted by molar-refractivity contribution is -0.121. The van der Waals surface area contributed by atoms with Crippen molar-refractivity contribution in [1.29, 1.82) is 0 Å². The highest BCUT2D eigenvalue weighted by Crippen LogP contribution is 2.28. The van der Waals surface area contributed by atoms with Crippen molar-refractivity contribution in [3.05, 3.63) is 78.0 Å². The molecule has 0 saturated heterocycles. The van der Waals surface area contributed by atoms with E-state index in [1.807, 2.05) is 60.3 Å². The molecule has 1 amide bonds. The fraction of sp³-hybridized carbons (Fsp3) is 0.263. The second-order valence-corrected chi connectivity index (χ2v) is 5.73. The summed E-state index contributed by atoms with van der Waals surface area (Å²) in [4.78, 5) is 12.4. The molecule has 1 unspecified atom stereocenters. The van der Waals surface area contributed by atoms with Crippen LogP contribution in [0.25, 0.3) is 0 Å². The lowest BCUT2D eigenvalue weighted by Gasteiger charge is -2.15. The van der Waals surface area contributed by atoms with E-state index in [-0.39, 0.29) is 11.8 Å². The maximum absolute atomic E-state index is 12.4. The highest BCUT2D eigenvalue weighted by Gasteiger charge is 2.20. The van der Waals surface area contributed by atoms with Crippen molar-refractivity contribution in [3.63, 3.8) is 0 Å². The quantitative estimate of drug-likeness (QED) is 0.727. The summed E-state index contributed by atoms with van der Waals surface area (Å²) in [6.45, 7) is 0.595. The van der Waals surface area contributed by atoms with Crippen LogP contribution < -0.4 is 5.32 Å². The maximum atomic E-state index is 12.4. The molecular formula is C19H21N3O2. The van der Waals surface area contributed by atoms with E-state index in [0.717, 1.165) is 23.4 Å². The molecule has 5 nitrogen and oxygen atoms in total. The highest BCUT2D eigenvalue weighted by atomic mass is 16.3. The average Bonchev–Trinajstić information content (AvgIpc) is 3.26. The van der Waals surface area contributed by atoms with Gasteiger partial charge in [-0.3, -0.25) is 9.48 Å². The number of carbonyl (C=O) groups excluding carboxylic acids is 1. The van der Waals surface area contributed by atoms with E-state index in [9.17, 15) is 4.79 Å². The monoisotopic (exact) mass is 323 g/mol. The van der Waals surface area contributed by atoms with Crippen molar-refractivity contribution in [3.8, 4) is 0 Å². The van der Waals surface area contributed by atoms with Crippen molar-refractivity contribution < 1.29 is 9.21 Å². The van der Waals surface area contributed by atoms with Crippen LogP contribution in [0.4, 0.5) is 0 Å². The molecule has 3 aromatic rings. The first-order chi connectivity index (χ1) is 11.7. The number of benzene rings is 1. The van der Waals surface area contributed by atoms with E-state index in [4.69, 9.17) is 4.42 Å². The number of amides is 1. The number of hydrogen-bond donors (Lipinski definition) is 1. The van der Waals surface area contributed by atoms with Crippen molar-refractivity contribution >= 4 is 5.91 Å². The summed E-state index contributed by atoms with van der Waals surface area (Å²) in [6, 6.07) is 15.7. The Morgan fingerprint density at radius 1 is 1.21 bits per heavy atom. The zero-order valence-corrected chi connectivity index (χ0v) is 13.7. The molecule has 1 atom stereocenters. The molecule has 0 radical (unpaired) electrons. The smallest absolute Gasteiger partial charge is 0.221 e. The Labute approximate surface area is 141 Å². The zero-order valence-electron chi connectivity index (χ0n) is 13.7. The molecule has 124 valence electrons. The second-order valence-electron chi connectivity index (χ2n) is 5.73. The molecule has 1 N–H and O–H groups in total. The lowest BCUT2D eigenvalue weighted by atomic mass is 9.93. The molecule has 3 rings (SSSR count).